The number of carbonyl (C=O) groups is 1. The van der Waals surface area contributed by atoms with Crippen molar-refractivity contribution in [3.63, 3.8) is 0 Å². The number of nitrogens with one attached hydrogen (secondary N) is 1. The third-order valence-electron chi connectivity index (χ3n) is 3.30. The molecule has 0 atom stereocenters. The fourth-order valence-electron chi connectivity index (χ4n) is 1.96. The van der Waals surface area contributed by atoms with E-state index < -0.39 is 0 Å². The Labute approximate surface area is 107 Å². The van der Waals surface area contributed by atoms with Gasteiger partial charge in [-0.15, -0.1) is 0 Å². The summed E-state index contributed by atoms with van der Waals surface area (Å²) in [6.45, 7) is 6.39. The number of amides is 2. The molecule has 1 saturated heterocycles. The predicted molar refractivity (Wildman–Crippen MR) is 71.7 cm³/mol. The molecule has 0 saturated carbocycles. The minimum absolute atomic E-state index is 0.112. The molecule has 1 aliphatic rings. The summed E-state index contributed by atoms with van der Waals surface area (Å²) >= 11 is 0. The molecule has 1 aliphatic heterocycles. The SMILES string of the molecule is Cc1ccc(N)c(NC(=O)N2CCOCC2)c1C. The molecule has 0 spiro atoms. The van der Waals surface area contributed by atoms with Crippen LogP contribution in [-0.4, -0.2) is 37.2 Å². The first-order valence-electron chi connectivity index (χ1n) is 6.09. The van der Waals surface area contributed by atoms with Crippen molar-refractivity contribution in [3.8, 4) is 0 Å². The summed E-state index contributed by atoms with van der Waals surface area (Å²) in [7, 11) is 0. The molecule has 0 aliphatic carbocycles. The first kappa shape index (κ1) is 12.7. The highest BCUT2D eigenvalue weighted by molar-refractivity contribution is 5.94. The van der Waals surface area contributed by atoms with Gasteiger partial charge in [-0.3, -0.25) is 0 Å². The molecule has 98 valence electrons. The number of nitrogens with two attached hydrogens (primary N) is 1. The molecule has 0 unspecified atom stereocenters. The van der Waals surface area contributed by atoms with Crippen LogP contribution in [-0.2, 0) is 4.74 Å². The van der Waals surface area contributed by atoms with Crippen LogP contribution in [0.15, 0.2) is 12.1 Å². The van der Waals surface area contributed by atoms with Crippen molar-refractivity contribution in [2.45, 2.75) is 13.8 Å². The zero-order valence-corrected chi connectivity index (χ0v) is 10.8. The minimum atomic E-state index is -0.112. The molecule has 1 aromatic carbocycles. The number of nitrogen functional groups attached to an aromatic ring is 1. The van der Waals surface area contributed by atoms with Crippen LogP contribution in [0.3, 0.4) is 0 Å². The maximum absolute atomic E-state index is 12.1. The second-order valence-electron chi connectivity index (χ2n) is 4.50. The summed E-state index contributed by atoms with van der Waals surface area (Å²) in [6.07, 6.45) is 0. The normalized spacial score (nSPS) is 15.6. The van der Waals surface area contributed by atoms with Gasteiger partial charge in [-0.25, -0.2) is 4.79 Å². The molecule has 1 heterocycles. The number of aryl methyl sites for hydroxylation is 1. The van der Waals surface area contributed by atoms with Gasteiger partial charge in [-0.1, -0.05) is 6.07 Å². The first-order chi connectivity index (χ1) is 8.59. The van der Waals surface area contributed by atoms with Crippen LogP contribution in [0.4, 0.5) is 16.2 Å². The molecule has 2 amide bonds. The van der Waals surface area contributed by atoms with Crippen molar-refractivity contribution in [2.24, 2.45) is 0 Å². The van der Waals surface area contributed by atoms with Crippen LogP contribution in [0.5, 0.6) is 0 Å². The third-order valence-corrected chi connectivity index (χ3v) is 3.30. The van der Waals surface area contributed by atoms with Crippen LogP contribution in [0.1, 0.15) is 11.1 Å². The predicted octanol–water partition coefficient (Wildman–Crippen LogP) is 1.75. The van der Waals surface area contributed by atoms with Gasteiger partial charge >= 0.3 is 6.03 Å². The summed E-state index contributed by atoms with van der Waals surface area (Å²) in [6, 6.07) is 3.66. The summed E-state index contributed by atoms with van der Waals surface area (Å²) in [5.41, 5.74) is 9.34. The van der Waals surface area contributed by atoms with Gasteiger partial charge in [-0.05, 0) is 31.0 Å². The van der Waals surface area contributed by atoms with E-state index in [9.17, 15) is 4.79 Å². The number of anilines is 2. The number of urea groups is 1. The van der Waals surface area contributed by atoms with Crippen LogP contribution in [0, 0.1) is 13.8 Å². The molecular weight excluding hydrogens is 230 g/mol. The Balaban J connectivity index is 2.13. The zero-order chi connectivity index (χ0) is 13.1. The van der Waals surface area contributed by atoms with Gasteiger partial charge in [0.15, 0.2) is 0 Å². The van der Waals surface area contributed by atoms with Gasteiger partial charge in [0.1, 0.15) is 0 Å². The maximum Gasteiger partial charge on any atom is 0.322 e. The molecule has 3 N–H and O–H groups in total. The van der Waals surface area contributed by atoms with Crippen molar-refractivity contribution in [1.82, 2.24) is 4.90 Å². The number of nitrogens with zero attached hydrogens (tertiary/aromatic N) is 1. The largest absolute Gasteiger partial charge is 0.397 e. The second-order valence-corrected chi connectivity index (χ2v) is 4.50. The van der Waals surface area contributed by atoms with E-state index in [1.54, 1.807) is 4.90 Å². The molecule has 5 heteroatoms. The van der Waals surface area contributed by atoms with Crippen LogP contribution in [0.2, 0.25) is 0 Å². The zero-order valence-electron chi connectivity index (χ0n) is 10.8. The van der Waals surface area contributed by atoms with E-state index in [1.165, 1.54) is 0 Å². The molecule has 1 aromatic rings. The van der Waals surface area contributed by atoms with E-state index in [0.717, 1.165) is 11.1 Å². The van der Waals surface area contributed by atoms with E-state index in [2.05, 4.69) is 5.32 Å². The minimum Gasteiger partial charge on any atom is -0.397 e. The second kappa shape index (κ2) is 5.27. The van der Waals surface area contributed by atoms with E-state index in [-0.39, 0.29) is 6.03 Å². The van der Waals surface area contributed by atoms with Crippen molar-refractivity contribution in [3.05, 3.63) is 23.3 Å². The van der Waals surface area contributed by atoms with Crippen molar-refractivity contribution < 1.29 is 9.53 Å². The van der Waals surface area contributed by atoms with Gasteiger partial charge in [-0.2, -0.15) is 0 Å². The lowest BCUT2D eigenvalue weighted by Gasteiger charge is -2.27. The van der Waals surface area contributed by atoms with E-state index >= 15 is 0 Å². The summed E-state index contributed by atoms with van der Waals surface area (Å²) in [4.78, 5) is 13.8. The number of morpholine rings is 1. The van der Waals surface area contributed by atoms with Gasteiger partial charge in [0.05, 0.1) is 24.6 Å². The summed E-state index contributed by atoms with van der Waals surface area (Å²) in [5, 5.41) is 2.90. The molecule has 0 aromatic heterocycles. The van der Waals surface area contributed by atoms with Gasteiger partial charge in [0, 0.05) is 13.1 Å². The highest BCUT2D eigenvalue weighted by Gasteiger charge is 2.18. The molecule has 1 fully saturated rings. The molecule has 0 radical (unpaired) electrons. The molecule has 5 nitrogen and oxygen atoms in total. The number of hydrogen-bond acceptors (Lipinski definition) is 3. The Morgan fingerprint density at radius 1 is 1.33 bits per heavy atom. The number of hydrogen-bond donors (Lipinski definition) is 2. The van der Waals surface area contributed by atoms with E-state index in [1.807, 2.05) is 26.0 Å². The van der Waals surface area contributed by atoms with Crippen molar-refractivity contribution in [2.75, 3.05) is 37.4 Å². The Morgan fingerprint density at radius 3 is 2.67 bits per heavy atom. The lowest BCUT2D eigenvalue weighted by molar-refractivity contribution is 0.0564. The number of ether oxygens (including phenoxy) is 1. The summed E-state index contributed by atoms with van der Waals surface area (Å²) in [5.74, 6) is 0. The molecular formula is C13H19N3O2. The molecule has 0 bridgehead atoms. The molecule has 18 heavy (non-hydrogen) atoms. The molecule has 2 rings (SSSR count). The topological polar surface area (TPSA) is 67.6 Å². The highest BCUT2D eigenvalue weighted by atomic mass is 16.5. The fourth-order valence-corrected chi connectivity index (χ4v) is 1.96. The van der Waals surface area contributed by atoms with Crippen molar-refractivity contribution in [1.29, 1.82) is 0 Å². The quantitative estimate of drug-likeness (QED) is 0.745. The monoisotopic (exact) mass is 249 g/mol. The third kappa shape index (κ3) is 2.56. The average molecular weight is 249 g/mol. The lowest BCUT2D eigenvalue weighted by atomic mass is 10.1. The Hall–Kier alpha value is -1.75. The van der Waals surface area contributed by atoms with E-state index in [0.29, 0.717) is 37.7 Å². The van der Waals surface area contributed by atoms with Gasteiger partial charge in [0.2, 0.25) is 0 Å². The Kier molecular flexibility index (Phi) is 3.72. The average Bonchev–Trinajstić information content (AvgIpc) is 2.40. The lowest BCUT2D eigenvalue weighted by Crippen LogP contribution is -2.43. The van der Waals surface area contributed by atoms with Crippen LogP contribution >= 0.6 is 0 Å². The Morgan fingerprint density at radius 2 is 2.00 bits per heavy atom. The van der Waals surface area contributed by atoms with Crippen molar-refractivity contribution >= 4 is 17.4 Å². The van der Waals surface area contributed by atoms with Gasteiger partial charge < -0.3 is 20.7 Å². The Bertz CT molecular complexity index is 454. The maximum atomic E-state index is 12.1. The number of rotatable bonds is 1. The highest BCUT2D eigenvalue weighted by Crippen LogP contribution is 2.26. The summed E-state index contributed by atoms with van der Waals surface area (Å²) < 4.78 is 5.22. The fraction of sp³-hybridized carbons (Fsp3) is 0.462. The number of carbonyl (C=O) groups excluding carboxylic acids is 1. The smallest absolute Gasteiger partial charge is 0.322 e. The van der Waals surface area contributed by atoms with Crippen LogP contribution < -0.4 is 11.1 Å². The van der Waals surface area contributed by atoms with E-state index in [4.69, 9.17) is 10.5 Å². The standard InChI is InChI=1S/C13H19N3O2/c1-9-3-4-11(14)12(10(9)2)15-13(17)16-5-7-18-8-6-16/h3-4H,5-8,14H2,1-2H3,(H,15,17). The first-order valence-corrected chi connectivity index (χ1v) is 6.09. The van der Waals surface area contributed by atoms with Gasteiger partial charge in [0.25, 0.3) is 0 Å². The number of benzene rings is 1. The van der Waals surface area contributed by atoms with Crippen LogP contribution in [0.25, 0.3) is 0 Å².